The van der Waals surface area contributed by atoms with E-state index < -0.39 is 11.8 Å². The molecular formula is C14H10FN3O3. The fourth-order valence-electron chi connectivity index (χ4n) is 1.99. The minimum atomic E-state index is -0.416. The van der Waals surface area contributed by atoms with Crippen LogP contribution in [0.3, 0.4) is 0 Å². The van der Waals surface area contributed by atoms with Crippen LogP contribution in [0.1, 0.15) is 0 Å². The Labute approximate surface area is 118 Å². The van der Waals surface area contributed by atoms with Gasteiger partial charge in [0, 0.05) is 6.07 Å². The van der Waals surface area contributed by atoms with Crippen molar-refractivity contribution in [2.75, 3.05) is 0 Å². The van der Waals surface area contributed by atoms with E-state index in [1.54, 1.807) is 0 Å². The molecule has 0 fully saturated rings. The number of phenols is 2. The second-order valence-corrected chi connectivity index (χ2v) is 4.34. The summed E-state index contributed by atoms with van der Waals surface area (Å²) in [5.41, 5.74) is 0.700. The van der Waals surface area contributed by atoms with Crippen LogP contribution in [0.15, 0.2) is 42.5 Å². The maximum atomic E-state index is 13.0. The zero-order valence-electron chi connectivity index (χ0n) is 10.6. The number of benzene rings is 2. The smallest absolute Gasteiger partial charge is 0.319 e. The van der Waals surface area contributed by atoms with Crippen LogP contribution in [-0.2, 0) is 0 Å². The fourth-order valence-corrected chi connectivity index (χ4v) is 1.99. The summed E-state index contributed by atoms with van der Waals surface area (Å²) in [6.07, 6.45) is 0. The zero-order valence-corrected chi connectivity index (χ0v) is 10.6. The third-order valence-corrected chi connectivity index (χ3v) is 2.95. The molecule has 2 aromatic carbocycles. The van der Waals surface area contributed by atoms with E-state index in [9.17, 15) is 19.7 Å². The zero-order chi connectivity index (χ0) is 15.0. The molecule has 106 valence electrons. The first-order chi connectivity index (χ1) is 10.1. The Hall–Kier alpha value is -3.09. The minimum Gasteiger partial charge on any atom is -0.508 e. The summed E-state index contributed by atoms with van der Waals surface area (Å²) >= 11 is 0. The summed E-state index contributed by atoms with van der Waals surface area (Å²) < 4.78 is 14.2. The SMILES string of the molecule is Oc1ccc(-c2nnc(O)n2-c2ccc(F)cc2)c(O)c1. The third kappa shape index (κ3) is 2.25. The van der Waals surface area contributed by atoms with Crippen LogP contribution in [0.25, 0.3) is 17.1 Å². The predicted molar refractivity (Wildman–Crippen MR) is 71.7 cm³/mol. The molecule has 0 aliphatic heterocycles. The van der Waals surface area contributed by atoms with Gasteiger partial charge in [0.25, 0.3) is 0 Å². The summed E-state index contributed by atoms with van der Waals surface area (Å²) in [7, 11) is 0. The quantitative estimate of drug-likeness (QED) is 0.672. The highest BCUT2D eigenvalue weighted by Crippen LogP contribution is 2.33. The number of nitrogens with zero attached hydrogens (tertiary/aromatic N) is 3. The van der Waals surface area contributed by atoms with Crippen molar-refractivity contribution >= 4 is 0 Å². The van der Waals surface area contributed by atoms with Gasteiger partial charge in [-0.1, -0.05) is 5.10 Å². The lowest BCUT2D eigenvalue weighted by Gasteiger charge is -2.09. The van der Waals surface area contributed by atoms with Crippen LogP contribution < -0.4 is 0 Å². The van der Waals surface area contributed by atoms with Crippen molar-refractivity contribution in [3.63, 3.8) is 0 Å². The van der Waals surface area contributed by atoms with Gasteiger partial charge >= 0.3 is 6.01 Å². The standard InChI is InChI=1S/C14H10FN3O3/c15-8-1-3-9(4-2-8)18-13(16-17-14(18)21)11-6-5-10(19)7-12(11)20/h1-7,19-20H,(H,17,21). The molecule has 0 bridgehead atoms. The largest absolute Gasteiger partial charge is 0.508 e. The number of halogens is 1. The molecule has 6 nitrogen and oxygen atoms in total. The summed E-state index contributed by atoms with van der Waals surface area (Å²) in [6, 6.07) is 8.91. The maximum Gasteiger partial charge on any atom is 0.319 e. The van der Waals surface area contributed by atoms with E-state index in [1.165, 1.54) is 41.0 Å². The van der Waals surface area contributed by atoms with E-state index in [4.69, 9.17) is 0 Å². The van der Waals surface area contributed by atoms with E-state index in [0.717, 1.165) is 6.07 Å². The topological polar surface area (TPSA) is 91.4 Å². The molecule has 0 saturated carbocycles. The number of aromatic hydroxyl groups is 3. The van der Waals surface area contributed by atoms with Crippen LogP contribution in [0, 0.1) is 5.82 Å². The van der Waals surface area contributed by atoms with Crippen LogP contribution in [-0.4, -0.2) is 30.1 Å². The van der Waals surface area contributed by atoms with Gasteiger partial charge in [-0.3, -0.25) is 0 Å². The van der Waals surface area contributed by atoms with Crippen LogP contribution in [0.2, 0.25) is 0 Å². The summed E-state index contributed by atoms with van der Waals surface area (Å²) in [4.78, 5) is 0. The fraction of sp³-hybridized carbons (Fsp3) is 0. The van der Waals surface area contributed by atoms with E-state index in [-0.39, 0.29) is 22.9 Å². The lowest BCUT2D eigenvalue weighted by atomic mass is 10.1. The summed E-state index contributed by atoms with van der Waals surface area (Å²) in [5, 5.41) is 36.4. The second kappa shape index (κ2) is 4.78. The highest BCUT2D eigenvalue weighted by atomic mass is 19.1. The van der Waals surface area contributed by atoms with Crippen molar-refractivity contribution in [2.24, 2.45) is 0 Å². The van der Waals surface area contributed by atoms with Gasteiger partial charge in [0.2, 0.25) is 0 Å². The maximum absolute atomic E-state index is 13.0. The molecule has 21 heavy (non-hydrogen) atoms. The van der Waals surface area contributed by atoms with Gasteiger partial charge in [0.05, 0.1) is 11.3 Å². The molecule has 3 rings (SSSR count). The molecule has 0 atom stereocenters. The molecule has 3 aromatic rings. The molecular weight excluding hydrogens is 277 g/mol. The number of rotatable bonds is 2. The van der Waals surface area contributed by atoms with E-state index in [1.807, 2.05) is 0 Å². The average molecular weight is 287 g/mol. The molecule has 0 radical (unpaired) electrons. The van der Waals surface area contributed by atoms with Gasteiger partial charge in [-0.15, -0.1) is 5.10 Å². The molecule has 1 aromatic heterocycles. The first-order valence-electron chi connectivity index (χ1n) is 5.99. The minimum absolute atomic E-state index is 0.103. The molecule has 0 unspecified atom stereocenters. The highest BCUT2D eigenvalue weighted by molar-refractivity contribution is 5.67. The van der Waals surface area contributed by atoms with E-state index in [0.29, 0.717) is 5.69 Å². The molecule has 7 heteroatoms. The van der Waals surface area contributed by atoms with Gasteiger partial charge in [-0.05, 0) is 36.4 Å². The van der Waals surface area contributed by atoms with Crippen molar-refractivity contribution in [1.82, 2.24) is 14.8 Å². The molecule has 1 heterocycles. The van der Waals surface area contributed by atoms with Crippen molar-refractivity contribution < 1.29 is 19.7 Å². The van der Waals surface area contributed by atoms with Crippen LogP contribution >= 0.6 is 0 Å². The van der Waals surface area contributed by atoms with Crippen LogP contribution in [0.4, 0.5) is 4.39 Å². The number of hydrogen-bond acceptors (Lipinski definition) is 5. The monoisotopic (exact) mass is 287 g/mol. The molecule has 3 N–H and O–H groups in total. The Morgan fingerprint density at radius 3 is 2.29 bits per heavy atom. The highest BCUT2D eigenvalue weighted by Gasteiger charge is 2.17. The van der Waals surface area contributed by atoms with E-state index >= 15 is 0 Å². The van der Waals surface area contributed by atoms with Gasteiger partial charge in [-0.25, -0.2) is 8.96 Å². The third-order valence-electron chi connectivity index (χ3n) is 2.95. The molecule has 0 spiro atoms. The number of aromatic nitrogens is 3. The Balaban J connectivity index is 2.19. The molecule has 0 aliphatic carbocycles. The lowest BCUT2D eigenvalue weighted by Crippen LogP contribution is -1.97. The van der Waals surface area contributed by atoms with Gasteiger partial charge in [0.15, 0.2) is 5.82 Å². The average Bonchev–Trinajstić information content (AvgIpc) is 2.82. The van der Waals surface area contributed by atoms with Gasteiger partial charge in [0.1, 0.15) is 17.3 Å². The summed E-state index contributed by atoms with van der Waals surface area (Å²) in [6.45, 7) is 0. The Bertz CT molecular complexity index is 800. The second-order valence-electron chi connectivity index (χ2n) is 4.34. The Morgan fingerprint density at radius 1 is 0.905 bits per heavy atom. The predicted octanol–water partition coefficient (Wildman–Crippen LogP) is 2.19. The van der Waals surface area contributed by atoms with Crippen LogP contribution in [0.5, 0.6) is 17.5 Å². The summed E-state index contributed by atoms with van der Waals surface area (Å²) in [5.74, 6) is -0.573. The Morgan fingerprint density at radius 2 is 1.62 bits per heavy atom. The van der Waals surface area contributed by atoms with Crippen molar-refractivity contribution in [1.29, 1.82) is 0 Å². The molecule has 0 saturated heterocycles. The van der Waals surface area contributed by atoms with Gasteiger partial charge in [-0.2, -0.15) is 0 Å². The molecule has 0 amide bonds. The van der Waals surface area contributed by atoms with Crippen molar-refractivity contribution in [3.05, 3.63) is 48.3 Å². The molecule has 0 aliphatic rings. The van der Waals surface area contributed by atoms with Crippen molar-refractivity contribution in [2.45, 2.75) is 0 Å². The van der Waals surface area contributed by atoms with Gasteiger partial charge < -0.3 is 15.3 Å². The number of phenolic OH excluding ortho intramolecular Hbond substituents is 2. The van der Waals surface area contributed by atoms with Crippen molar-refractivity contribution in [3.8, 4) is 34.6 Å². The normalized spacial score (nSPS) is 10.7. The Kier molecular flexibility index (Phi) is 2.94. The number of hydrogen-bond donors (Lipinski definition) is 3. The first kappa shape index (κ1) is 12.9. The lowest BCUT2D eigenvalue weighted by molar-refractivity contribution is 0.420. The van der Waals surface area contributed by atoms with E-state index in [2.05, 4.69) is 10.2 Å². The first-order valence-corrected chi connectivity index (χ1v) is 5.99.